The molecule has 0 aliphatic heterocycles. The summed E-state index contributed by atoms with van der Waals surface area (Å²) in [6.45, 7) is 1.48. The Morgan fingerprint density at radius 2 is 2.15 bits per heavy atom. The zero-order valence-corrected chi connectivity index (χ0v) is 11.2. The number of carbonyl (C=O) groups is 1. The lowest BCUT2D eigenvalue weighted by Gasteiger charge is -2.15. The van der Waals surface area contributed by atoms with Gasteiger partial charge in [0, 0.05) is 6.07 Å². The Balaban J connectivity index is 0.00000361. The van der Waals surface area contributed by atoms with E-state index in [1.165, 1.54) is 6.92 Å². The van der Waals surface area contributed by atoms with E-state index in [0.29, 0.717) is 0 Å². The number of nitro benzene ring substituents is 1. The van der Waals surface area contributed by atoms with Crippen LogP contribution in [0.2, 0.25) is 0 Å². The number of ether oxygens (including phenoxy) is 1. The van der Waals surface area contributed by atoms with E-state index in [2.05, 4.69) is 4.74 Å². The molecule has 0 heterocycles. The molecule has 0 aliphatic carbocycles. The summed E-state index contributed by atoms with van der Waals surface area (Å²) in [4.78, 5) is 20.7. The van der Waals surface area contributed by atoms with Crippen molar-refractivity contribution in [2.45, 2.75) is 19.1 Å². The average Bonchev–Trinajstić information content (AvgIpc) is 2.37. The topological polar surface area (TPSA) is 95.5 Å². The molecule has 20 heavy (non-hydrogen) atoms. The van der Waals surface area contributed by atoms with Crippen LogP contribution in [0.3, 0.4) is 0 Å². The van der Waals surface area contributed by atoms with E-state index >= 15 is 0 Å². The van der Waals surface area contributed by atoms with Crippen LogP contribution in [0.5, 0.6) is 0 Å². The van der Waals surface area contributed by atoms with Crippen molar-refractivity contribution in [2.75, 3.05) is 6.61 Å². The highest BCUT2D eigenvalue weighted by Crippen LogP contribution is 2.24. The third kappa shape index (κ3) is 4.10. The van der Waals surface area contributed by atoms with Gasteiger partial charge < -0.3 is 10.5 Å². The van der Waals surface area contributed by atoms with Gasteiger partial charge in [0.15, 0.2) is 0 Å². The van der Waals surface area contributed by atoms with Crippen molar-refractivity contribution >= 4 is 24.1 Å². The van der Waals surface area contributed by atoms with Crippen molar-refractivity contribution in [1.29, 1.82) is 0 Å². The molecule has 0 radical (unpaired) electrons. The molecular formula is C11H13ClF2N2O4. The molecule has 1 rings (SSSR count). The van der Waals surface area contributed by atoms with Gasteiger partial charge in [0.1, 0.15) is 0 Å². The molecule has 1 aromatic carbocycles. The Bertz CT molecular complexity index is 501. The van der Waals surface area contributed by atoms with E-state index in [-0.39, 0.29) is 24.6 Å². The van der Waals surface area contributed by atoms with Crippen molar-refractivity contribution in [2.24, 2.45) is 5.73 Å². The average molecular weight is 311 g/mol. The van der Waals surface area contributed by atoms with Crippen molar-refractivity contribution < 1.29 is 23.2 Å². The minimum Gasteiger partial charge on any atom is -0.464 e. The standard InChI is InChI=1S/C11H12F2N2O4.ClH/c1-2-19-11(16)9(13)10(14)6-3-4-7(12)8(5-6)15(17)18;/h3-5,9-10H,2,14H2,1H3;1H/t9?,10-;/m1./s1. The molecule has 0 saturated heterocycles. The number of hydrogen-bond donors (Lipinski definition) is 1. The second-order valence-electron chi connectivity index (χ2n) is 3.65. The van der Waals surface area contributed by atoms with Crippen molar-refractivity contribution in [3.8, 4) is 0 Å². The number of alkyl halides is 1. The van der Waals surface area contributed by atoms with Gasteiger partial charge in [-0.1, -0.05) is 6.07 Å². The van der Waals surface area contributed by atoms with Gasteiger partial charge in [-0.3, -0.25) is 10.1 Å². The number of benzene rings is 1. The largest absolute Gasteiger partial charge is 0.464 e. The second-order valence-corrected chi connectivity index (χ2v) is 3.65. The molecule has 9 heteroatoms. The molecule has 0 bridgehead atoms. The number of rotatable bonds is 5. The van der Waals surface area contributed by atoms with Crippen LogP contribution in [0.25, 0.3) is 0 Å². The number of nitro groups is 1. The van der Waals surface area contributed by atoms with Gasteiger partial charge in [-0.25, -0.2) is 9.18 Å². The Morgan fingerprint density at radius 3 is 2.65 bits per heavy atom. The fourth-order valence-corrected chi connectivity index (χ4v) is 1.41. The van der Waals surface area contributed by atoms with Crippen molar-refractivity contribution in [1.82, 2.24) is 0 Å². The lowest BCUT2D eigenvalue weighted by Crippen LogP contribution is -2.31. The predicted octanol–water partition coefficient (Wildman–Crippen LogP) is 2.06. The van der Waals surface area contributed by atoms with Gasteiger partial charge in [0.25, 0.3) is 0 Å². The van der Waals surface area contributed by atoms with E-state index in [1.807, 2.05) is 0 Å². The van der Waals surface area contributed by atoms with Crippen LogP contribution in [0.1, 0.15) is 18.5 Å². The Labute approximate surface area is 119 Å². The number of halogens is 3. The molecule has 0 aromatic heterocycles. The summed E-state index contributed by atoms with van der Waals surface area (Å²) in [5.74, 6) is -2.23. The van der Waals surface area contributed by atoms with Gasteiger partial charge in [-0.2, -0.15) is 4.39 Å². The van der Waals surface area contributed by atoms with E-state index in [0.717, 1.165) is 18.2 Å². The smallest absolute Gasteiger partial charge is 0.342 e. The number of hydrogen-bond acceptors (Lipinski definition) is 5. The molecule has 0 amide bonds. The molecule has 112 valence electrons. The highest BCUT2D eigenvalue weighted by molar-refractivity contribution is 5.85. The number of nitrogens with two attached hydrogens (primary N) is 1. The normalized spacial score (nSPS) is 13.0. The van der Waals surface area contributed by atoms with Crippen LogP contribution >= 0.6 is 12.4 Å². The first-order valence-electron chi connectivity index (χ1n) is 5.38. The molecule has 0 spiro atoms. The van der Waals surface area contributed by atoms with Crippen molar-refractivity contribution in [3.05, 3.63) is 39.7 Å². The van der Waals surface area contributed by atoms with Crippen LogP contribution in [0.15, 0.2) is 18.2 Å². The van der Waals surface area contributed by atoms with E-state index in [1.54, 1.807) is 0 Å². The van der Waals surface area contributed by atoms with Crippen LogP contribution in [0.4, 0.5) is 14.5 Å². The van der Waals surface area contributed by atoms with E-state index in [9.17, 15) is 23.7 Å². The number of carbonyl (C=O) groups excluding carboxylic acids is 1. The first-order chi connectivity index (χ1) is 8.88. The summed E-state index contributed by atoms with van der Waals surface area (Å²) in [5, 5.41) is 10.5. The summed E-state index contributed by atoms with van der Waals surface area (Å²) in [7, 11) is 0. The maximum Gasteiger partial charge on any atom is 0.342 e. The van der Waals surface area contributed by atoms with Crippen LogP contribution in [0, 0.1) is 15.9 Å². The van der Waals surface area contributed by atoms with Crippen LogP contribution in [-0.2, 0) is 9.53 Å². The highest BCUT2D eigenvalue weighted by atomic mass is 35.5. The zero-order valence-electron chi connectivity index (χ0n) is 10.4. The molecular weight excluding hydrogens is 298 g/mol. The summed E-state index contributed by atoms with van der Waals surface area (Å²) in [6, 6.07) is 1.22. The predicted molar refractivity (Wildman–Crippen MR) is 68.8 cm³/mol. The minimum atomic E-state index is -2.18. The summed E-state index contributed by atoms with van der Waals surface area (Å²) in [5.41, 5.74) is 4.58. The number of esters is 1. The van der Waals surface area contributed by atoms with Gasteiger partial charge in [0.2, 0.25) is 12.0 Å². The molecule has 0 fully saturated rings. The zero-order chi connectivity index (χ0) is 14.6. The molecule has 0 saturated carbocycles. The second kappa shape index (κ2) is 7.71. The summed E-state index contributed by atoms with van der Waals surface area (Å²) >= 11 is 0. The van der Waals surface area contributed by atoms with Gasteiger partial charge in [-0.05, 0) is 18.6 Å². The third-order valence-corrected chi connectivity index (χ3v) is 2.38. The first-order valence-corrected chi connectivity index (χ1v) is 5.38. The lowest BCUT2D eigenvalue weighted by atomic mass is 10.0. The lowest BCUT2D eigenvalue weighted by molar-refractivity contribution is -0.387. The first kappa shape index (κ1) is 18.2. The van der Waals surface area contributed by atoms with Gasteiger partial charge >= 0.3 is 11.7 Å². The van der Waals surface area contributed by atoms with Gasteiger partial charge in [0.05, 0.1) is 17.6 Å². The minimum absolute atomic E-state index is 0. The quantitative estimate of drug-likeness (QED) is 0.510. The fourth-order valence-electron chi connectivity index (χ4n) is 1.41. The molecule has 6 nitrogen and oxygen atoms in total. The molecule has 2 N–H and O–H groups in total. The SMILES string of the molecule is CCOC(=O)C(F)[C@H](N)c1ccc(F)c([N+](=O)[O-])c1.Cl. The fraction of sp³-hybridized carbons (Fsp3) is 0.364. The van der Waals surface area contributed by atoms with Crippen LogP contribution < -0.4 is 5.73 Å². The number of nitrogens with zero attached hydrogens (tertiary/aromatic N) is 1. The Hall–Kier alpha value is -1.80. The Kier molecular flexibility index (Phi) is 7.01. The van der Waals surface area contributed by atoms with E-state index in [4.69, 9.17) is 5.73 Å². The molecule has 0 aliphatic rings. The van der Waals surface area contributed by atoms with Crippen LogP contribution in [-0.4, -0.2) is 23.7 Å². The van der Waals surface area contributed by atoms with Crippen molar-refractivity contribution in [3.63, 3.8) is 0 Å². The Morgan fingerprint density at radius 1 is 1.55 bits per heavy atom. The summed E-state index contributed by atoms with van der Waals surface area (Å²) in [6.07, 6.45) is -2.18. The van der Waals surface area contributed by atoms with Gasteiger partial charge in [-0.15, -0.1) is 12.4 Å². The maximum atomic E-state index is 13.6. The highest BCUT2D eigenvalue weighted by Gasteiger charge is 2.29. The maximum absolute atomic E-state index is 13.6. The molecule has 1 unspecified atom stereocenters. The third-order valence-electron chi connectivity index (χ3n) is 2.38. The molecule has 2 atom stereocenters. The monoisotopic (exact) mass is 310 g/mol. The van der Waals surface area contributed by atoms with E-state index < -0.39 is 34.6 Å². The summed E-state index contributed by atoms with van der Waals surface area (Å²) < 4.78 is 31.2. The molecule has 1 aromatic rings.